The third kappa shape index (κ3) is 3.51. The predicted octanol–water partition coefficient (Wildman–Crippen LogP) is 0.874. The summed E-state index contributed by atoms with van der Waals surface area (Å²) in [6, 6.07) is 4.76. The fraction of sp³-hybridized carbons (Fsp3) is 0.357. The van der Waals surface area contributed by atoms with Crippen LogP contribution in [0.15, 0.2) is 30.9 Å². The number of nitrogens with one attached hydrogen (secondary N) is 1. The number of rotatable bonds is 7. The second-order valence-electron chi connectivity index (χ2n) is 4.54. The minimum atomic E-state index is -3.60. The summed E-state index contributed by atoms with van der Waals surface area (Å²) < 4.78 is 36.0. The van der Waals surface area contributed by atoms with E-state index in [9.17, 15) is 13.2 Å². The fourth-order valence-electron chi connectivity index (χ4n) is 1.92. The summed E-state index contributed by atoms with van der Waals surface area (Å²) in [5.41, 5.74) is 0.361. The Balaban J connectivity index is 2.28. The Hall–Kier alpha value is -2.22. The highest BCUT2D eigenvalue weighted by atomic mass is 32.2. The van der Waals surface area contributed by atoms with E-state index in [1.54, 1.807) is 18.2 Å². The van der Waals surface area contributed by atoms with E-state index in [4.69, 9.17) is 9.47 Å². The van der Waals surface area contributed by atoms with E-state index in [-0.39, 0.29) is 25.6 Å². The van der Waals surface area contributed by atoms with Crippen LogP contribution in [0.3, 0.4) is 0 Å². The van der Waals surface area contributed by atoms with Crippen LogP contribution in [0.25, 0.3) is 0 Å². The van der Waals surface area contributed by atoms with Gasteiger partial charge in [0.15, 0.2) is 11.5 Å². The first-order valence-corrected chi connectivity index (χ1v) is 8.36. The first kappa shape index (κ1) is 16.2. The average Bonchev–Trinajstić information content (AvgIpc) is 2.97. The van der Waals surface area contributed by atoms with Gasteiger partial charge in [0.05, 0.1) is 11.4 Å². The number of carbonyl (C=O) groups excluding carboxylic acids is 1. The van der Waals surface area contributed by atoms with E-state index in [1.807, 2.05) is 0 Å². The summed E-state index contributed by atoms with van der Waals surface area (Å²) in [5.74, 6) is 0.486. The summed E-state index contributed by atoms with van der Waals surface area (Å²) in [6.07, 6.45) is 1.52. The maximum atomic E-state index is 12.3. The summed E-state index contributed by atoms with van der Waals surface area (Å²) >= 11 is 0. The van der Waals surface area contributed by atoms with Crippen LogP contribution in [0.5, 0.6) is 11.5 Å². The maximum Gasteiger partial charge on any atom is 0.241 e. The molecule has 0 aliphatic carbocycles. The number of ether oxygens (including phenoxy) is 2. The molecule has 1 aromatic rings. The van der Waals surface area contributed by atoms with Crippen LogP contribution in [0, 0.1) is 0 Å². The largest absolute Gasteiger partial charge is 0.454 e. The van der Waals surface area contributed by atoms with Crippen molar-refractivity contribution in [3.63, 3.8) is 0 Å². The second-order valence-corrected chi connectivity index (χ2v) is 6.72. The van der Waals surface area contributed by atoms with Gasteiger partial charge in [-0.3, -0.25) is 9.10 Å². The predicted molar refractivity (Wildman–Crippen MR) is 82.6 cm³/mol. The van der Waals surface area contributed by atoms with Crippen molar-refractivity contribution in [3.8, 4) is 11.5 Å². The molecule has 1 aliphatic rings. The number of hydrogen-bond donors (Lipinski definition) is 1. The average molecular weight is 326 g/mol. The highest BCUT2D eigenvalue weighted by Crippen LogP contribution is 2.36. The van der Waals surface area contributed by atoms with Gasteiger partial charge in [-0.1, -0.05) is 6.08 Å². The van der Waals surface area contributed by atoms with Gasteiger partial charge in [-0.25, -0.2) is 8.42 Å². The molecule has 0 saturated heterocycles. The van der Waals surface area contributed by atoms with Crippen LogP contribution in [-0.2, 0) is 14.8 Å². The number of amides is 1. The van der Waals surface area contributed by atoms with Crippen LogP contribution >= 0.6 is 0 Å². The molecule has 0 unspecified atom stereocenters. The normalized spacial score (nSPS) is 12.8. The highest BCUT2D eigenvalue weighted by Gasteiger charge is 2.25. The molecule has 1 N–H and O–H groups in total. The Morgan fingerprint density at radius 3 is 2.82 bits per heavy atom. The molecule has 0 saturated carbocycles. The Morgan fingerprint density at radius 1 is 1.41 bits per heavy atom. The zero-order chi connectivity index (χ0) is 16.2. The summed E-state index contributed by atoms with van der Waals surface area (Å²) in [5, 5.41) is 2.56. The van der Waals surface area contributed by atoms with E-state index in [0.29, 0.717) is 17.2 Å². The smallest absolute Gasteiger partial charge is 0.241 e. The molecule has 0 radical (unpaired) electrons. The zero-order valence-electron chi connectivity index (χ0n) is 12.2. The van der Waals surface area contributed by atoms with Crippen molar-refractivity contribution < 1.29 is 22.7 Å². The molecule has 1 heterocycles. The fourth-order valence-corrected chi connectivity index (χ4v) is 2.98. The number of sulfonamides is 1. The Kier molecular flexibility index (Phi) is 4.92. The number of hydrogen-bond acceptors (Lipinski definition) is 5. The minimum Gasteiger partial charge on any atom is -0.454 e. The quantitative estimate of drug-likeness (QED) is 0.752. The van der Waals surface area contributed by atoms with Crippen LogP contribution in [0.1, 0.15) is 6.92 Å². The van der Waals surface area contributed by atoms with E-state index < -0.39 is 15.9 Å². The van der Waals surface area contributed by atoms with E-state index in [2.05, 4.69) is 11.9 Å². The van der Waals surface area contributed by atoms with Crippen molar-refractivity contribution in [2.45, 2.75) is 6.92 Å². The maximum absolute atomic E-state index is 12.3. The topological polar surface area (TPSA) is 84.9 Å². The van der Waals surface area contributed by atoms with Crippen molar-refractivity contribution in [1.82, 2.24) is 5.32 Å². The number of nitrogens with zero attached hydrogens (tertiary/aromatic N) is 1. The molecule has 1 aliphatic heterocycles. The molecule has 2 rings (SSSR count). The number of fused-ring (bicyclic) bond motifs is 1. The van der Waals surface area contributed by atoms with E-state index >= 15 is 0 Å². The molecule has 7 nitrogen and oxygen atoms in total. The lowest BCUT2D eigenvalue weighted by molar-refractivity contribution is -0.119. The van der Waals surface area contributed by atoms with Gasteiger partial charge in [0.25, 0.3) is 0 Å². The first-order chi connectivity index (χ1) is 10.5. The van der Waals surface area contributed by atoms with Crippen molar-refractivity contribution in [2.24, 2.45) is 0 Å². The summed E-state index contributed by atoms with van der Waals surface area (Å²) in [6.45, 7) is 5.09. The van der Waals surface area contributed by atoms with Crippen LogP contribution < -0.4 is 19.1 Å². The molecule has 1 amide bonds. The van der Waals surface area contributed by atoms with Gasteiger partial charge in [0.1, 0.15) is 6.54 Å². The molecule has 1 aromatic carbocycles. The standard InChI is InChI=1S/C14H18N2O5S/c1-3-7-15-14(17)9-16(22(18,19)4-2)11-5-6-12-13(8-11)21-10-20-12/h3,5-6,8H,1,4,7,9-10H2,2H3,(H,15,17). The van der Waals surface area contributed by atoms with Gasteiger partial charge in [0.2, 0.25) is 22.7 Å². The van der Waals surface area contributed by atoms with Crippen LogP contribution in [0.4, 0.5) is 5.69 Å². The van der Waals surface area contributed by atoms with Crippen molar-refractivity contribution >= 4 is 21.6 Å². The van der Waals surface area contributed by atoms with Gasteiger partial charge in [-0.05, 0) is 19.1 Å². The van der Waals surface area contributed by atoms with Crippen molar-refractivity contribution in [2.75, 3.05) is 29.9 Å². The minimum absolute atomic E-state index is 0.0964. The Bertz CT molecular complexity index is 672. The van der Waals surface area contributed by atoms with Gasteiger partial charge >= 0.3 is 0 Å². The lowest BCUT2D eigenvalue weighted by Gasteiger charge is -2.23. The van der Waals surface area contributed by atoms with Gasteiger partial charge in [-0.15, -0.1) is 6.58 Å². The third-order valence-corrected chi connectivity index (χ3v) is 4.82. The molecular weight excluding hydrogens is 308 g/mol. The monoisotopic (exact) mass is 326 g/mol. The van der Waals surface area contributed by atoms with Crippen LogP contribution in [-0.4, -0.2) is 40.0 Å². The molecule has 8 heteroatoms. The second kappa shape index (κ2) is 6.69. The highest BCUT2D eigenvalue weighted by molar-refractivity contribution is 7.92. The molecular formula is C14H18N2O5S. The van der Waals surface area contributed by atoms with E-state index in [1.165, 1.54) is 13.0 Å². The summed E-state index contributed by atoms with van der Waals surface area (Å²) in [4.78, 5) is 11.9. The van der Waals surface area contributed by atoms with Gasteiger partial charge < -0.3 is 14.8 Å². The number of benzene rings is 1. The molecule has 120 valence electrons. The SMILES string of the molecule is C=CCNC(=O)CN(c1ccc2c(c1)OCO2)S(=O)(=O)CC. The Morgan fingerprint density at radius 2 is 2.14 bits per heavy atom. The molecule has 0 atom stereocenters. The molecule has 0 bridgehead atoms. The van der Waals surface area contributed by atoms with E-state index in [0.717, 1.165) is 4.31 Å². The molecule has 0 spiro atoms. The van der Waals surface area contributed by atoms with Gasteiger partial charge in [0, 0.05) is 12.6 Å². The van der Waals surface area contributed by atoms with Crippen LogP contribution in [0.2, 0.25) is 0 Å². The number of anilines is 1. The molecule has 0 aromatic heterocycles. The molecule has 0 fully saturated rings. The number of carbonyl (C=O) groups is 1. The zero-order valence-corrected chi connectivity index (χ0v) is 13.1. The molecule has 22 heavy (non-hydrogen) atoms. The van der Waals surface area contributed by atoms with Gasteiger partial charge in [-0.2, -0.15) is 0 Å². The summed E-state index contributed by atoms with van der Waals surface area (Å²) in [7, 11) is -3.60. The third-order valence-electron chi connectivity index (χ3n) is 3.08. The Labute approximate surface area is 129 Å². The lowest BCUT2D eigenvalue weighted by Crippen LogP contribution is -2.41. The van der Waals surface area contributed by atoms with Crippen molar-refractivity contribution in [3.05, 3.63) is 30.9 Å². The first-order valence-electron chi connectivity index (χ1n) is 6.75. The lowest BCUT2D eigenvalue weighted by atomic mass is 10.3. The van der Waals surface area contributed by atoms with Crippen molar-refractivity contribution in [1.29, 1.82) is 0 Å².